The highest BCUT2D eigenvalue weighted by Crippen LogP contribution is 2.36. The molecule has 194 valence electrons. The number of hydrogen-bond donors (Lipinski definition) is 0. The van der Waals surface area contributed by atoms with Gasteiger partial charge in [-0.3, -0.25) is 9.58 Å². The van der Waals surface area contributed by atoms with Gasteiger partial charge in [-0.25, -0.2) is 9.36 Å². The lowest BCUT2D eigenvalue weighted by Gasteiger charge is -2.23. The maximum Gasteiger partial charge on any atom is 0.219 e. The van der Waals surface area contributed by atoms with Crippen LogP contribution in [0.1, 0.15) is 55.1 Å². The number of fused-ring (bicyclic) bond motifs is 4. The van der Waals surface area contributed by atoms with E-state index in [1.54, 1.807) is 0 Å². The topological polar surface area (TPSA) is 75.2 Å². The maximum atomic E-state index is 6.48. The first-order valence-corrected chi connectivity index (χ1v) is 13.1. The van der Waals surface area contributed by atoms with Crippen LogP contribution < -0.4 is 4.74 Å². The van der Waals surface area contributed by atoms with Crippen molar-refractivity contribution in [1.29, 1.82) is 0 Å². The van der Waals surface area contributed by atoms with Crippen LogP contribution in [0.15, 0.2) is 24.4 Å². The second-order valence-corrected chi connectivity index (χ2v) is 10.4. The Bertz CT molecular complexity index is 1470. The molecule has 0 N–H and O–H groups in total. The molecule has 1 aromatic carbocycles. The molecule has 37 heavy (non-hydrogen) atoms. The Morgan fingerprint density at radius 1 is 1.00 bits per heavy atom. The van der Waals surface area contributed by atoms with Gasteiger partial charge < -0.3 is 9.47 Å². The molecule has 9 nitrogen and oxygen atoms in total. The monoisotopic (exact) mass is 501 g/mol. The molecule has 9 heteroatoms. The van der Waals surface area contributed by atoms with Crippen molar-refractivity contribution >= 4 is 23.1 Å². The lowest BCUT2D eigenvalue weighted by atomic mass is 10.0. The fourth-order valence-corrected chi connectivity index (χ4v) is 5.52. The Morgan fingerprint density at radius 3 is 2.65 bits per heavy atom. The molecule has 0 amide bonds. The van der Waals surface area contributed by atoms with E-state index in [9.17, 15) is 0 Å². The van der Waals surface area contributed by atoms with Crippen LogP contribution in [0.2, 0.25) is 0 Å². The lowest BCUT2D eigenvalue weighted by molar-refractivity contribution is -0.0367. The van der Waals surface area contributed by atoms with E-state index in [4.69, 9.17) is 19.7 Å². The Balaban J connectivity index is 1.55. The van der Waals surface area contributed by atoms with Crippen LogP contribution in [0.3, 0.4) is 0 Å². The van der Waals surface area contributed by atoms with Gasteiger partial charge in [0.15, 0.2) is 6.23 Å². The number of likely N-dealkylation sites (N-methyl/N-ethyl adjacent to an activating group) is 1. The third kappa shape index (κ3) is 4.36. The largest absolute Gasteiger partial charge is 0.473 e. The van der Waals surface area contributed by atoms with Gasteiger partial charge in [0.05, 0.1) is 28.7 Å². The van der Waals surface area contributed by atoms with Crippen molar-refractivity contribution < 1.29 is 9.47 Å². The average Bonchev–Trinajstić information content (AvgIpc) is 3.52. The van der Waals surface area contributed by atoms with Crippen molar-refractivity contribution in [3.8, 4) is 17.0 Å². The summed E-state index contributed by atoms with van der Waals surface area (Å²) >= 11 is 0. The summed E-state index contributed by atoms with van der Waals surface area (Å²) in [5, 5.41) is 15.5. The van der Waals surface area contributed by atoms with E-state index in [-0.39, 0.29) is 12.3 Å². The molecule has 5 heterocycles. The van der Waals surface area contributed by atoms with Gasteiger partial charge >= 0.3 is 0 Å². The SMILES string of the molecule is Cc1c2c(nn1C)/C=C/c1nn(C3CCCCO3)c3ccc(cc13)-c1cnn(C)c1O[C@@H](C)CN(C)C2. The predicted molar refractivity (Wildman–Crippen MR) is 144 cm³/mol. The van der Waals surface area contributed by atoms with Gasteiger partial charge in [-0.2, -0.15) is 15.3 Å². The number of benzene rings is 1. The zero-order valence-electron chi connectivity index (χ0n) is 22.3. The van der Waals surface area contributed by atoms with Gasteiger partial charge in [0, 0.05) is 50.4 Å². The van der Waals surface area contributed by atoms with Crippen molar-refractivity contribution in [2.24, 2.45) is 14.1 Å². The van der Waals surface area contributed by atoms with Crippen molar-refractivity contribution in [2.45, 2.75) is 52.0 Å². The number of ether oxygens (including phenoxy) is 2. The first-order chi connectivity index (χ1) is 17.9. The van der Waals surface area contributed by atoms with Crippen LogP contribution in [0, 0.1) is 6.92 Å². The molecule has 0 aliphatic carbocycles. The molecule has 3 aromatic heterocycles. The van der Waals surface area contributed by atoms with E-state index in [0.29, 0.717) is 0 Å². The van der Waals surface area contributed by atoms with Gasteiger partial charge in [0.1, 0.15) is 6.10 Å². The van der Waals surface area contributed by atoms with Gasteiger partial charge in [0.2, 0.25) is 5.88 Å². The fraction of sp³-hybridized carbons (Fsp3) is 0.464. The molecular weight excluding hydrogens is 466 g/mol. The molecule has 0 radical (unpaired) electrons. The van der Waals surface area contributed by atoms with Crippen LogP contribution in [0.4, 0.5) is 0 Å². The van der Waals surface area contributed by atoms with Gasteiger partial charge in [-0.15, -0.1) is 0 Å². The number of nitrogens with zero attached hydrogens (tertiary/aromatic N) is 7. The van der Waals surface area contributed by atoms with Gasteiger partial charge in [0.25, 0.3) is 0 Å². The Morgan fingerprint density at radius 2 is 1.84 bits per heavy atom. The highest BCUT2D eigenvalue weighted by atomic mass is 16.5. The summed E-state index contributed by atoms with van der Waals surface area (Å²) in [6.07, 6.45) is 9.23. The second kappa shape index (κ2) is 9.46. The summed E-state index contributed by atoms with van der Waals surface area (Å²) in [4.78, 5) is 2.29. The van der Waals surface area contributed by atoms with Crippen LogP contribution in [0.5, 0.6) is 5.88 Å². The van der Waals surface area contributed by atoms with Crippen LogP contribution in [0.25, 0.3) is 34.2 Å². The standard InChI is InChI=1S/C28H35N7O2/c1-18-16-32(3)17-23-19(2)33(4)30-25(23)11-10-24-21-14-20(22-15-29-34(5)28(22)37-18)9-12-26(21)35(31-24)27-8-6-7-13-36-27/h9-12,14-15,18,27H,6-8,13,16-17H2,1-5H3/b11-10+/t18-,27?/m0/s1. The van der Waals surface area contributed by atoms with E-state index in [1.807, 2.05) is 29.7 Å². The molecule has 2 aliphatic heterocycles. The summed E-state index contributed by atoms with van der Waals surface area (Å²) in [7, 11) is 6.06. The minimum Gasteiger partial charge on any atom is -0.473 e. The van der Waals surface area contributed by atoms with Crippen molar-refractivity contribution in [3.05, 3.63) is 47.0 Å². The van der Waals surface area contributed by atoms with Crippen LogP contribution in [-0.2, 0) is 25.4 Å². The van der Waals surface area contributed by atoms with Gasteiger partial charge in [-0.05, 0) is 70.0 Å². The smallest absolute Gasteiger partial charge is 0.219 e. The predicted octanol–water partition coefficient (Wildman–Crippen LogP) is 4.56. The minimum absolute atomic E-state index is 0.0225. The van der Waals surface area contributed by atoms with Gasteiger partial charge in [-0.1, -0.05) is 6.07 Å². The number of rotatable bonds is 1. The molecule has 1 fully saturated rings. The first kappa shape index (κ1) is 23.9. The second-order valence-electron chi connectivity index (χ2n) is 10.4. The fourth-order valence-electron chi connectivity index (χ4n) is 5.52. The first-order valence-electron chi connectivity index (χ1n) is 13.1. The third-order valence-electron chi connectivity index (χ3n) is 7.56. The highest BCUT2D eigenvalue weighted by Gasteiger charge is 2.23. The third-order valence-corrected chi connectivity index (χ3v) is 7.56. The minimum atomic E-state index is -0.0470. The maximum absolute atomic E-state index is 6.48. The summed E-state index contributed by atoms with van der Waals surface area (Å²) in [5.74, 6) is 0.772. The van der Waals surface area contributed by atoms with E-state index in [1.165, 1.54) is 5.56 Å². The van der Waals surface area contributed by atoms with Crippen LogP contribution >= 0.6 is 0 Å². The number of aromatic nitrogens is 6. The zero-order chi connectivity index (χ0) is 25.7. The van der Waals surface area contributed by atoms with E-state index >= 15 is 0 Å². The molecule has 1 saturated heterocycles. The molecule has 1 unspecified atom stereocenters. The molecule has 2 atom stereocenters. The molecule has 4 aromatic rings. The summed E-state index contributed by atoms with van der Waals surface area (Å²) in [6, 6.07) is 6.48. The zero-order valence-corrected chi connectivity index (χ0v) is 22.3. The molecule has 0 spiro atoms. The summed E-state index contributed by atoms with van der Waals surface area (Å²) < 4.78 is 18.4. The summed E-state index contributed by atoms with van der Waals surface area (Å²) in [5.41, 5.74) is 7.34. The van der Waals surface area contributed by atoms with E-state index in [0.717, 1.165) is 84.0 Å². The van der Waals surface area contributed by atoms with Crippen LogP contribution in [-0.4, -0.2) is 60.5 Å². The Hall–Kier alpha value is -3.43. The van der Waals surface area contributed by atoms with E-state index < -0.39 is 0 Å². The van der Waals surface area contributed by atoms with Crippen molar-refractivity contribution in [2.75, 3.05) is 20.2 Å². The molecule has 0 saturated carbocycles. The number of aryl methyl sites for hydroxylation is 2. The lowest BCUT2D eigenvalue weighted by Crippen LogP contribution is -2.31. The van der Waals surface area contributed by atoms with E-state index in [2.05, 4.69) is 65.9 Å². The molecule has 2 bridgehead atoms. The van der Waals surface area contributed by atoms with Crippen molar-refractivity contribution in [3.63, 3.8) is 0 Å². The molecule has 2 aliphatic rings. The molecular formula is C28H35N7O2. The molecule has 6 rings (SSSR count). The van der Waals surface area contributed by atoms with Crippen molar-refractivity contribution in [1.82, 2.24) is 34.2 Å². The normalized spacial score (nSPS) is 21.8. The average molecular weight is 502 g/mol. The quantitative estimate of drug-likeness (QED) is 0.381. The Labute approximate surface area is 217 Å². The highest BCUT2D eigenvalue weighted by molar-refractivity contribution is 5.93. The number of hydrogen-bond acceptors (Lipinski definition) is 6. The summed E-state index contributed by atoms with van der Waals surface area (Å²) in [6.45, 7) is 6.56. The Kier molecular flexibility index (Phi) is 6.12.